The first-order chi connectivity index (χ1) is 12.6. The standard InChI is InChI=1S/C18H23FN6O/c1-13-22-16(12-17(23-13)25-10-2-3-11-25)20-8-9-21-18(26)24-15-6-4-14(19)5-7-15/h4-7,12H,2-3,8-11H2,1H3,(H,20,22,23)(H2,21,24,26). The SMILES string of the molecule is Cc1nc(NCCNC(=O)Nc2ccc(F)cc2)cc(N2CCCC2)n1. The number of rotatable bonds is 6. The van der Waals surface area contributed by atoms with E-state index >= 15 is 0 Å². The van der Waals surface area contributed by atoms with E-state index in [2.05, 4.69) is 30.8 Å². The normalized spacial score (nSPS) is 13.5. The summed E-state index contributed by atoms with van der Waals surface area (Å²) in [6.07, 6.45) is 2.39. The number of aromatic nitrogens is 2. The largest absolute Gasteiger partial charge is 0.368 e. The van der Waals surface area contributed by atoms with Gasteiger partial charge >= 0.3 is 6.03 Å². The lowest BCUT2D eigenvalue weighted by atomic mass is 10.3. The molecular formula is C18H23FN6O. The van der Waals surface area contributed by atoms with Gasteiger partial charge < -0.3 is 20.9 Å². The molecule has 7 nitrogen and oxygen atoms in total. The lowest BCUT2D eigenvalue weighted by Crippen LogP contribution is -2.32. The van der Waals surface area contributed by atoms with Gasteiger partial charge in [-0.15, -0.1) is 0 Å². The average molecular weight is 358 g/mol. The second-order valence-electron chi connectivity index (χ2n) is 6.17. The number of urea groups is 1. The third-order valence-electron chi connectivity index (χ3n) is 4.07. The molecule has 1 aliphatic heterocycles. The summed E-state index contributed by atoms with van der Waals surface area (Å²) in [7, 11) is 0. The summed E-state index contributed by atoms with van der Waals surface area (Å²) in [4.78, 5) is 23.0. The van der Waals surface area contributed by atoms with Gasteiger partial charge in [0.15, 0.2) is 0 Å². The molecule has 0 aliphatic carbocycles. The van der Waals surface area contributed by atoms with Crippen LogP contribution in [-0.2, 0) is 0 Å². The molecule has 0 bridgehead atoms. The Morgan fingerprint density at radius 1 is 1.15 bits per heavy atom. The van der Waals surface area contributed by atoms with Crippen molar-refractivity contribution in [3.63, 3.8) is 0 Å². The van der Waals surface area contributed by atoms with E-state index < -0.39 is 0 Å². The van der Waals surface area contributed by atoms with Crippen molar-refractivity contribution < 1.29 is 9.18 Å². The van der Waals surface area contributed by atoms with E-state index in [9.17, 15) is 9.18 Å². The van der Waals surface area contributed by atoms with Crippen LogP contribution in [0.5, 0.6) is 0 Å². The average Bonchev–Trinajstić information content (AvgIpc) is 3.15. The van der Waals surface area contributed by atoms with Crippen LogP contribution in [0.4, 0.5) is 26.5 Å². The zero-order chi connectivity index (χ0) is 18.4. The molecule has 0 spiro atoms. The van der Waals surface area contributed by atoms with Crippen LogP contribution in [0.15, 0.2) is 30.3 Å². The van der Waals surface area contributed by atoms with Crippen molar-refractivity contribution in [2.45, 2.75) is 19.8 Å². The van der Waals surface area contributed by atoms with Crippen LogP contribution >= 0.6 is 0 Å². The number of halogens is 1. The fraction of sp³-hybridized carbons (Fsp3) is 0.389. The molecular weight excluding hydrogens is 335 g/mol. The maximum atomic E-state index is 12.8. The predicted octanol–water partition coefficient (Wildman–Crippen LogP) is 2.76. The zero-order valence-corrected chi connectivity index (χ0v) is 14.8. The second-order valence-corrected chi connectivity index (χ2v) is 6.17. The molecule has 1 aromatic carbocycles. The summed E-state index contributed by atoms with van der Waals surface area (Å²) in [5.41, 5.74) is 0.540. The Hall–Kier alpha value is -2.90. The van der Waals surface area contributed by atoms with Gasteiger partial charge in [0.2, 0.25) is 0 Å². The molecule has 1 fully saturated rings. The van der Waals surface area contributed by atoms with Crippen molar-refractivity contribution in [1.82, 2.24) is 15.3 Å². The number of carbonyl (C=O) groups is 1. The molecule has 3 rings (SSSR count). The monoisotopic (exact) mass is 358 g/mol. The minimum absolute atomic E-state index is 0.338. The van der Waals surface area contributed by atoms with E-state index in [0.29, 0.717) is 18.8 Å². The Morgan fingerprint density at radius 2 is 1.88 bits per heavy atom. The number of hydrogen-bond donors (Lipinski definition) is 3. The molecule has 2 aromatic rings. The van der Waals surface area contributed by atoms with Crippen LogP contribution in [0.25, 0.3) is 0 Å². The van der Waals surface area contributed by atoms with Gasteiger partial charge in [0.1, 0.15) is 23.3 Å². The lowest BCUT2D eigenvalue weighted by molar-refractivity contribution is 0.252. The molecule has 138 valence electrons. The quantitative estimate of drug-likeness (QED) is 0.692. The van der Waals surface area contributed by atoms with E-state index in [1.807, 2.05) is 13.0 Å². The van der Waals surface area contributed by atoms with Gasteiger partial charge in [0.05, 0.1) is 0 Å². The van der Waals surface area contributed by atoms with Crippen molar-refractivity contribution >= 4 is 23.4 Å². The summed E-state index contributed by atoms with van der Waals surface area (Å²) in [5.74, 6) is 2.08. The van der Waals surface area contributed by atoms with E-state index in [-0.39, 0.29) is 11.8 Å². The summed E-state index contributed by atoms with van der Waals surface area (Å²) in [6, 6.07) is 7.22. The summed E-state index contributed by atoms with van der Waals surface area (Å²) in [6.45, 7) is 4.89. The van der Waals surface area contributed by atoms with Crippen LogP contribution in [-0.4, -0.2) is 42.2 Å². The van der Waals surface area contributed by atoms with E-state index in [1.54, 1.807) is 0 Å². The molecule has 1 aliphatic rings. The molecule has 0 unspecified atom stereocenters. The van der Waals surface area contributed by atoms with Gasteiger partial charge in [-0.3, -0.25) is 0 Å². The minimum atomic E-state index is -0.339. The maximum absolute atomic E-state index is 12.8. The topological polar surface area (TPSA) is 82.2 Å². The molecule has 1 aromatic heterocycles. The fourth-order valence-electron chi connectivity index (χ4n) is 2.83. The summed E-state index contributed by atoms with van der Waals surface area (Å²) >= 11 is 0. The Morgan fingerprint density at radius 3 is 2.62 bits per heavy atom. The van der Waals surface area contributed by atoms with Gasteiger partial charge in [-0.1, -0.05) is 0 Å². The number of nitrogens with one attached hydrogen (secondary N) is 3. The summed E-state index contributed by atoms with van der Waals surface area (Å²) < 4.78 is 12.8. The second kappa shape index (κ2) is 8.46. The number of carbonyl (C=O) groups excluding carboxylic acids is 1. The fourth-order valence-corrected chi connectivity index (χ4v) is 2.83. The number of aryl methyl sites for hydroxylation is 1. The van der Waals surface area contributed by atoms with Gasteiger partial charge in [-0.2, -0.15) is 0 Å². The smallest absolute Gasteiger partial charge is 0.319 e. The highest BCUT2D eigenvalue weighted by Gasteiger charge is 2.14. The van der Waals surface area contributed by atoms with E-state index in [1.165, 1.54) is 37.1 Å². The van der Waals surface area contributed by atoms with Crippen LogP contribution < -0.4 is 20.9 Å². The molecule has 0 atom stereocenters. The van der Waals surface area contributed by atoms with Crippen molar-refractivity contribution in [2.24, 2.45) is 0 Å². The van der Waals surface area contributed by atoms with Crippen molar-refractivity contribution in [1.29, 1.82) is 0 Å². The first-order valence-corrected chi connectivity index (χ1v) is 8.75. The molecule has 2 heterocycles. The predicted molar refractivity (Wildman–Crippen MR) is 100 cm³/mol. The molecule has 1 saturated heterocycles. The number of benzene rings is 1. The Bertz CT molecular complexity index is 746. The van der Waals surface area contributed by atoms with Gasteiger partial charge in [0, 0.05) is 37.9 Å². The van der Waals surface area contributed by atoms with Crippen LogP contribution in [0.2, 0.25) is 0 Å². The third-order valence-corrected chi connectivity index (χ3v) is 4.07. The van der Waals surface area contributed by atoms with E-state index in [0.717, 1.165) is 30.5 Å². The Balaban J connectivity index is 1.44. The molecule has 2 amide bonds. The van der Waals surface area contributed by atoms with Gasteiger partial charge in [-0.05, 0) is 44.0 Å². The number of hydrogen-bond acceptors (Lipinski definition) is 5. The Labute approximate surface area is 152 Å². The third kappa shape index (κ3) is 5.05. The first-order valence-electron chi connectivity index (χ1n) is 8.75. The molecule has 0 saturated carbocycles. The van der Waals surface area contributed by atoms with Gasteiger partial charge in [-0.25, -0.2) is 19.2 Å². The Kier molecular flexibility index (Phi) is 5.83. The van der Waals surface area contributed by atoms with Crippen molar-refractivity contribution in [3.05, 3.63) is 42.0 Å². The van der Waals surface area contributed by atoms with Crippen LogP contribution in [0, 0.1) is 12.7 Å². The number of anilines is 3. The van der Waals surface area contributed by atoms with Crippen LogP contribution in [0.1, 0.15) is 18.7 Å². The maximum Gasteiger partial charge on any atom is 0.319 e. The minimum Gasteiger partial charge on any atom is -0.368 e. The van der Waals surface area contributed by atoms with E-state index in [4.69, 9.17) is 0 Å². The molecule has 8 heteroatoms. The van der Waals surface area contributed by atoms with Gasteiger partial charge in [0.25, 0.3) is 0 Å². The number of nitrogens with zero attached hydrogens (tertiary/aromatic N) is 3. The molecule has 0 radical (unpaired) electrons. The first kappa shape index (κ1) is 17.9. The molecule has 3 N–H and O–H groups in total. The lowest BCUT2D eigenvalue weighted by Gasteiger charge is -2.17. The zero-order valence-electron chi connectivity index (χ0n) is 14.8. The van der Waals surface area contributed by atoms with Crippen molar-refractivity contribution in [3.8, 4) is 0 Å². The molecule has 26 heavy (non-hydrogen) atoms. The van der Waals surface area contributed by atoms with Crippen molar-refractivity contribution in [2.75, 3.05) is 41.7 Å². The summed E-state index contributed by atoms with van der Waals surface area (Å²) in [5, 5.41) is 8.59. The van der Waals surface area contributed by atoms with Crippen LogP contribution in [0.3, 0.4) is 0 Å². The highest BCUT2D eigenvalue weighted by molar-refractivity contribution is 5.89. The number of amides is 2. The highest BCUT2D eigenvalue weighted by atomic mass is 19.1. The highest BCUT2D eigenvalue weighted by Crippen LogP contribution is 2.20.